The van der Waals surface area contributed by atoms with Crippen LogP contribution in [0.2, 0.25) is 0 Å². The number of nitrogens with one attached hydrogen (secondary N) is 2. The summed E-state index contributed by atoms with van der Waals surface area (Å²) in [7, 11) is 0. The molecule has 23 heavy (non-hydrogen) atoms. The number of carbonyl (C=O) groups is 2. The maximum atomic E-state index is 12.1. The largest absolute Gasteiger partial charge is 0.462 e. The number of rotatable bonds is 5. The van der Waals surface area contributed by atoms with Gasteiger partial charge < -0.3 is 15.4 Å². The second-order valence-electron chi connectivity index (χ2n) is 4.84. The van der Waals surface area contributed by atoms with Gasteiger partial charge in [0, 0.05) is 26.2 Å². The molecule has 0 bridgehead atoms. The molecule has 1 aliphatic rings. The van der Waals surface area contributed by atoms with E-state index in [2.05, 4.69) is 15.5 Å². The fourth-order valence-electron chi connectivity index (χ4n) is 2.24. The molecule has 8 heteroatoms. The van der Waals surface area contributed by atoms with Gasteiger partial charge in [0.25, 0.3) is 0 Å². The molecule has 1 aliphatic heterocycles. The van der Waals surface area contributed by atoms with Crippen LogP contribution in [-0.4, -0.2) is 56.1 Å². The van der Waals surface area contributed by atoms with E-state index in [4.69, 9.17) is 4.74 Å². The van der Waals surface area contributed by atoms with Gasteiger partial charge in [0.2, 0.25) is 5.91 Å². The molecule has 2 N–H and O–H groups in total. The Morgan fingerprint density at radius 2 is 1.87 bits per heavy atom. The lowest BCUT2D eigenvalue weighted by atomic mass is 10.2. The number of benzene rings is 1. The number of ether oxygens (including phenoxy) is 1. The summed E-state index contributed by atoms with van der Waals surface area (Å²) in [5.74, 6) is -0.538. The van der Waals surface area contributed by atoms with Gasteiger partial charge in [0.15, 0.2) is 0 Å². The first-order chi connectivity index (χ1) is 10.2. The minimum Gasteiger partial charge on any atom is -0.462 e. The first-order valence-electron chi connectivity index (χ1n) is 7.19. The number of halogens is 2. The van der Waals surface area contributed by atoms with Crippen LogP contribution in [0.3, 0.4) is 0 Å². The predicted octanol–water partition coefficient (Wildman–Crippen LogP) is 1.55. The molecule has 0 atom stereocenters. The average molecular weight is 364 g/mol. The summed E-state index contributed by atoms with van der Waals surface area (Å²) < 4.78 is 4.99. The van der Waals surface area contributed by atoms with Crippen molar-refractivity contribution in [2.75, 3.05) is 44.6 Å². The zero-order valence-corrected chi connectivity index (χ0v) is 14.7. The number of anilines is 1. The van der Waals surface area contributed by atoms with E-state index < -0.39 is 5.97 Å². The van der Waals surface area contributed by atoms with E-state index in [1.165, 1.54) is 0 Å². The summed E-state index contributed by atoms with van der Waals surface area (Å²) in [4.78, 5) is 26.0. The van der Waals surface area contributed by atoms with E-state index in [0.717, 1.165) is 26.2 Å². The number of nitrogens with zero attached hydrogens (tertiary/aromatic N) is 1. The van der Waals surface area contributed by atoms with Crippen LogP contribution < -0.4 is 10.6 Å². The van der Waals surface area contributed by atoms with Gasteiger partial charge in [-0.05, 0) is 19.1 Å². The van der Waals surface area contributed by atoms with Crippen LogP contribution >= 0.6 is 24.8 Å². The third-order valence-corrected chi connectivity index (χ3v) is 3.27. The lowest BCUT2D eigenvalue weighted by Crippen LogP contribution is -2.46. The van der Waals surface area contributed by atoms with Crippen LogP contribution in [-0.2, 0) is 9.53 Å². The fourth-order valence-corrected chi connectivity index (χ4v) is 2.24. The molecule has 6 nitrogen and oxygen atoms in total. The third-order valence-electron chi connectivity index (χ3n) is 3.27. The first kappa shape index (κ1) is 21.7. The Kier molecular flexibility index (Phi) is 10.6. The number of hydrogen-bond acceptors (Lipinski definition) is 5. The Bertz CT molecular complexity index is 508. The monoisotopic (exact) mass is 363 g/mol. The van der Waals surface area contributed by atoms with Crippen molar-refractivity contribution in [3.05, 3.63) is 29.8 Å². The molecular formula is C15H23Cl2N3O3. The molecule has 1 fully saturated rings. The smallest absolute Gasteiger partial charge is 0.340 e. The molecule has 0 unspecified atom stereocenters. The molecule has 2 rings (SSSR count). The highest BCUT2D eigenvalue weighted by molar-refractivity contribution is 6.01. The lowest BCUT2D eigenvalue weighted by molar-refractivity contribution is -0.117. The van der Waals surface area contributed by atoms with Gasteiger partial charge >= 0.3 is 5.97 Å². The number of amides is 1. The van der Waals surface area contributed by atoms with Crippen LogP contribution in [0, 0.1) is 0 Å². The normalized spacial score (nSPS) is 14.1. The Hall–Kier alpha value is -1.34. The van der Waals surface area contributed by atoms with Gasteiger partial charge in [-0.3, -0.25) is 9.69 Å². The Labute approximate surface area is 148 Å². The molecule has 0 spiro atoms. The second kappa shape index (κ2) is 11.2. The molecule has 130 valence electrons. The minimum atomic E-state index is -0.421. The number of esters is 1. The van der Waals surface area contributed by atoms with Crippen molar-refractivity contribution in [3.63, 3.8) is 0 Å². The summed E-state index contributed by atoms with van der Waals surface area (Å²) in [6.45, 7) is 5.89. The molecular weight excluding hydrogens is 341 g/mol. The average Bonchev–Trinajstić information content (AvgIpc) is 2.49. The second-order valence-corrected chi connectivity index (χ2v) is 4.84. The SMILES string of the molecule is CCOC(=O)c1ccccc1NC(=O)CN1CCNCC1.Cl.Cl. The molecule has 1 saturated heterocycles. The topological polar surface area (TPSA) is 70.7 Å². The standard InChI is InChI=1S/C15H21N3O3.2ClH/c1-2-21-15(20)12-5-3-4-6-13(12)17-14(19)11-18-9-7-16-8-10-18;;/h3-6,16H,2,7-11H2,1H3,(H,17,19);2*1H. The van der Waals surface area contributed by atoms with Crippen molar-refractivity contribution >= 4 is 42.4 Å². The fraction of sp³-hybridized carbons (Fsp3) is 0.467. The summed E-state index contributed by atoms with van der Waals surface area (Å²) in [6, 6.07) is 6.89. The predicted molar refractivity (Wildman–Crippen MR) is 94.8 cm³/mol. The van der Waals surface area contributed by atoms with Gasteiger partial charge in [0.05, 0.1) is 24.4 Å². The molecule has 0 aromatic heterocycles. The molecule has 1 heterocycles. The third kappa shape index (κ3) is 6.74. The van der Waals surface area contributed by atoms with E-state index in [1.54, 1.807) is 31.2 Å². The Morgan fingerprint density at radius 1 is 1.22 bits per heavy atom. The van der Waals surface area contributed by atoms with Crippen LogP contribution in [0.5, 0.6) is 0 Å². The van der Waals surface area contributed by atoms with Gasteiger partial charge in [-0.15, -0.1) is 24.8 Å². The molecule has 0 radical (unpaired) electrons. The summed E-state index contributed by atoms with van der Waals surface area (Å²) in [5.41, 5.74) is 0.879. The van der Waals surface area contributed by atoms with Crippen LogP contribution in [0.15, 0.2) is 24.3 Å². The van der Waals surface area contributed by atoms with Crippen molar-refractivity contribution < 1.29 is 14.3 Å². The van der Waals surface area contributed by atoms with E-state index in [0.29, 0.717) is 24.4 Å². The number of hydrogen-bond donors (Lipinski definition) is 2. The van der Waals surface area contributed by atoms with E-state index in [9.17, 15) is 9.59 Å². The van der Waals surface area contributed by atoms with E-state index >= 15 is 0 Å². The van der Waals surface area contributed by atoms with Crippen molar-refractivity contribution in [1.82, 2.24) is 10.2 Å². The highest BCUT2D eigenvalue weighted by Crippen LogP contribution is 2.16. The lowest BCUT2D eigenvalue weighted by Gasteiger charge is -2.26. The summed E-state index contributed by atoms with van der Waals surface area (Å²) >= 11 is 0. The first-order valence-corrected chi connectivity index (χ1v) is 7.19. The summed E-state index contributed by atoms with van der Waals surface area (Å²) in [5, 5.41) is 6.04. The summed E-state index contributed by atoms with van der Waals surface area (Å²) in [6.07, 6.45) is 0. The molecule has 1 amide bonds. The van der Waals surface area contributed by atoms with Gasteiger partial charge in [-0.1, -0.05) is 12.1 Å². The van der Waals surface area contributed by atoms with Crippen molar-refractivity contribution in [2.24, 2.45) is 0 Å². The van der Waals surface area contributed by atoms with Crippen LogP contribution in [0.4, 0.5) is 5.69 Å². The van der Waals surface area contributed by atoms with Gasteiger partial charge in [-0.25, -0.2) is 4.79 Å². The van der Waals surface area contributed by atoms with Crippen LogP contribution in [0.1, 0.15) is 17.3 Å². The van der Waals surface area contributed by atoms with Crippen molar-refractivity contribution in [2.45, 2.75) is 6.92 Å². The van der Waals surface area contributed by atoms with Crippen molar-refractivity contribution in [3.8, 4) is 0 Å². The number of carbonyl (C=O) groups excluding carboxylic acids is 2. The zero-order valence-electron chi connectivity index (χ0n) is 13.0. The van der Waals surface area contributed by atoms with E-state index in [1.807, 2.05) is 0 Å². The van der Waals surface area contributed by atoms with Gasteiger partial charge in [0.1, 0.15) is 0 Å². The highest BCUT2D eigenvalue weighted by atomic mass is 35.5. The number of piperazine rings is 1. The molecule has 0 saturated carbocycles. The molecule has 1 aromatic carbocycles. The highest BCUT2D eigenvalue weighted by Gasteiger charge is 2.16. The van der Waals surface area contributed by atoms with Gasteiger partial charge in [-0.2, -0.15) is 0 Å². The van der Waals surface area contributed by atoms with Crippen molar-refractivity contribution in [1.29, 1.82) is 0 Å². The minimum absolute atomic E-state index is 0. The Morgan fingerprint density at radius 3 is 2.52 bits per heavy atom. The zero-order chi connectivity index (χ0) is 15.1. The Balaban J connectivity index is 0.00000242. The number of para-hydroxylation sites is 1. The maximum absolute atomic E-state index is 12.1. The van der Waals surface area contributed by atoms with Crippen LogP contribution in [0.25, 0.3) is 0 Å². The van der Waals surface area contributed by atoms with E-state index in [-0.39, 0.29) is 30.7 Å². The maximum Gasteiger partial charge on any atom is 0.340 e. The molecule has 1 aromatic rings. The molecule has 0 aliphatic carbocycles. The quantitative estimate of drug-likeness (QED) is 0.776.